The quantitative estimate of drug-likeness (QED) is 0.743. The van der Waals surface area contributed by atoms with Crippen LogP contribution in [0.3, 0.4) is 0 Å². The van der Waals surface area contributed by atoms with Crippen molar-refractivity contribution >= 4 is 33.1 Å². The molecule has 0 fully saturated rings. The summed E-state index contributed by atoms with van der Waals surface area (Å²) in [6, 6.07) is 10.3. The van der Waals surface area contributed by atoms with Gasteiger partial charge in [0.1, 0.15) is 11.5 Å². The van der Waals surface area contributed by atoms with Gasteiger partial charge in [0, 0.05) is 22.0 Å². The van der Waals surface area contributed by atoms with E-state index < -0.39 is 0 Å². The van der Waals surface area contributed by atoms with Crippen LogP contribution in [0.2, 0.25) is 0 Å². The smallest absolute Gasteiger partial charge is 0.130 e. The Bertz CT molecular complexity index is 760. The number of nitrogens with two attached hydrogens (primary N) is 1. The zero-order valence-corrected chi connectivity index (χ0v) is 13.6. The fourth-order valence-electron chi connectivity index (χ4n) is 2.24. The van der Waals surface area contributed by atoms with E-state index in [1.54, 1.807) is 16.0 Å². The summed E-state index contributed by atoms with van der Waals surface area (Å²) in [5, 5.41) is 6.67. The Hall–Kier alpha value is -1.59. The molecule has 0 unspecified atom stereocenters. The average molecular weight is 348 g/mol. The monoisotopic (exact) mass is 347 g/mol. The third-order valence-corrected chi connectivity index (χ3v) is 4.69. The fourth-order valence-corrected chi connectivity index (χ4v) is 3.38. The standard InChI is InChI=1S/C15H14BrN3S/c1-9-5-6-10(16)8-11(9)14-13(12-4-3-7-20-12)15(17)19(2)18-14/h3-8H,17H2,1-2H3. The number of anilines is 1. The molecular formula is C15H14BrN3S. The molecule has 5 heteroatoms. The normalized spacial score (nSPS) is 10.9. The van der Waals surface area contributed by atoms with Crippen LogP contribution >= 0.6 is 27.3 Å². The van der Waals surface area contributed by atoms with E-state index in [0.717, 1.165) is 26.2 Å². The van der Waals surface area contributed by atoms with E-state index in [1.807, 2.05) is 19.2 Å². The zero-order valence-electron chi connectivity index (χ0n) is 11.2. The second-order valence-electron chi connectivity index (χ2n) is 4.67. The van der Waals surface area contributed by atoms with Crippen molar-refractivity contribution in [1.29, 1.82) is 0 Å². The summed E-state index contributed by atoms with van der Waals surface area (Å²) in [4.78, 5) is 1.14. The van der Waals surface area contributed by atoms with Gasteiger partial charge in [-0.05, 0) is 36.1 Å². The van der Waals surface area contributed by atoms with Gasteiger partial charge in [-0.25, -0.2) is 0 Å². The van der Waals surface area contributed by atoms with Gasteiger partial charge in [-0.1, -0.05) is 28.1 Å². The number of rotatable bonds is 2. The van der Waals surface area contributed by atoms with Gasteiger partial charge in [0.05, 0.1) is 5.56 Å². The molecule has 0 aliphatic rings. The van der Waals surface area contributed by atoms with Crippen LogP contribution in [0.15, 0.2) is 40.2 Å². The minimum Gasteiger partial charge on any atom is -0.383 e. The van der Waals surface area contributed by atoms with Gasteiger partial charge >= 0.3 is 0 Å². The Morgan fingerprint density at radius 2 is 2.10 bits per heavy atom. The van der Waals surface area contributed by atoms with Crippen molar-refractivity contribution in [2.75, 3.05) is 5.73 Å². The van der Waals surface area contributed by atoms with Gasteiger partial charge in [0.15, 0.2) is 0 Å². The lowest BCUT2D eigenvalue weighted by atomic mass is 10.0. The maximum atomic E-state index is 6.22. The van der Waals surface area contributed by atoms with Crippen LogP contribution < -0.4 is 5.73 Å². The van der Waals surface area contributed by atoms with Crippen molar-refractivity contribution in [3.63, 3.8) is 0 Å². The fraction of sp³-hybridized carbons (Fsp3) is 0.133. The number of aryl methyl sites for hydroxylation is 2. The van der Waals surface area contributed by atoms with Crippen molar-refractivity contribution < 1.29 is 0 Å². The van der Waals surface area contributed by atoms with Crippen molar-refractivity contribution in [3.8, 4) is 21.7 Å². The molecule has 102 valence electrons. The number of thiophene rings is 1. The molecule has 2 heterocycles. The van der Waals surface area contributed by atoms with E-state index in [-0.39, 0.29) is 0 Å². The minimum absolute atomic E-state index is 0.696. The average Bonchev–Trinajstić information content (AvgIpc) is 3.02. The predicted octanol–water partition coefficient (Wildman–Crippen LogP) is 4.47. The molecule has 3 aromatic rings. The maximum Gasteiger partial charge on any atom is 0.130 e. The molecule has 0 bridgehead atoms. The van der Waals surface area contributed by atoms with E-state index in [4.69, 9.17) is 5.73 Å². The molecule has 0 aliphatic heterocycles. The molecule has 2 N–H and O–H groups in total. The van der Waals surface area contributed by atoms with Crippen LogP contribution in [0, 0.1) is 6.92 Å². The summed E-state index contributed by atoms with van der Waals surface area (Å²) in [6.45, 7) is 2.09. The van der Waals surface area contributed by atoms with Gasteiger partial charge in [0.25, 0.3) is 0 Å². The third kappa shape index (κ3) is 2.17. The molecule has 2 aromatic heterocycles. The Morgan fingerprint density at radius 3 is 2.80 bits per heavy atom. The first-order chi connectivity index (χ1) is 9.58. The number of benzene rings is 1. The topological polar surface area (TPSA) is 43.8 Å². The molecule has 0 spiro atoms. The molecule has 0 saturated carbocycles. The largest absolute Gasteiger partial charge is 0.383 e. The summed E-state index contributed by atoms with van der Waals surface area (Å²) in [5.41, 5.74) is 10.5. The van der Waals surface area contributed by atoms with Crippen LogP contribution in [-0.2, 0) is 7.05 Å². The van der Waals surface area contributed by atoms with E-state index in [2.05, 4.69) is 51.5 Å². The molecule has 0 amide bonds. The highest BCUT2D eigenvalue weighted by molar-refractivity contribution is 9.10. The Labute approximate surface area is 130 Å². The number of hydrogen-bond acceptors (Lipinski definition) is 3. The molecule has 0 atom stereocenters. The molecule has 3 rings (SSSR count). The SMILES string of the molecule is Cc1ccc(Br)cc1-c1nn(C)c(N)c1-c1cccs1. The lowest BCUT2D eigenvalue weighted by Crippen LogP contribution is -1.97. The molecule has 3 nitrogen and oxygen atoms in total. The van der Waals surface area contributed by atoms with Crippen LogP contribution in [0.1, 0.15) is 5.56 Å². The van der Waals surface area contributed by atoms with Crippen LogP contribution in [0.5, 0.6) is 0 Å². The first kappa shape index (κ1) is 13.4. The van der Waals surface area contributed by atoms with Gasteiger partial charge in [-0.2, -0.15) is 5.10 Å². The van der Waals surface area contributed by atoms with Crippen molar-refractivity contribution in [3.05, 3.63) is 45.7 Å². The van der Waals surface area contributed by atoms with Crippen molar-refractivity contribution in [2.24, 2.45) is 7.05 Å². The molecule has 1 aromatic carbocycles. The number of nitrogens with zero attached hydrogens (tertiary/aromatic N) is 2. The number of nitrogen functional groups attached to an aromatic ring is 1. The summed E-state index contributed by atoms with van der Waals surface area (Å²) in [5.74, 6) is 0.696. The van der Waals surface area contributed by atoms with E-state index >= 15 is 0 Å². The van der Waals surface area contributed by atoms with Crippen LogP contribution in [0.4, 0.5) is 5.82 Å². The van der Waals surface area contributed by atoms with E-state index in [0.29, 0.717) is 5.82 Å². The second kappa shape index (κ2) is 5.07. The summed E-state index contributed by atoms with van der Waals surface area (Å²) in [6.07, 6.45) is 0. The second-order valence-corrected chi connectivity index (χ2v) is 6.53. The number of halogens is 1. The summed E-state index contributed by atoms with van der Waals surface area (Å²) >= 11 is 5.21. The molecule has 0 radical (unpaired) electrons. The lowest BCUT2D eigenvalue weighted by Gasteiger charge is -2.06. The minimum atomic E-state index is 0.696. The van der Waals surface area contributed by atoms with Crippen LogP contribution in [0.25, 0.3) is 21.7 Å². The highest BCUT2D eigenvalue weighted by Crippen LogP contribution is 2.39. The number of aromatic nitrogens is 2. The first-order valence-electron chi connectivity index (χ1n) is 6.21. The zero-order chi connectivity index (χ0) is 14.3. The van der Waals surface area contributed by atoms with Gasteiger partial charge in [-0.3, -0.25) is 4.68 Å². The molecular weight excluding hydrogens is 334 g/mol. The van der Waals surface area contributed by atoms with Crippen molar-refractivity contribution in [2.45, 2.75) is 6.92 Å². The Kier molecular flexibility index (Phi) is 3.40. The maximum absolute atomic E-state index is 6.22. The Balaban J connectivity index is 2.30. The van der Waals surface area contributed by atoms with Crippen LogP contribution in [-0.4, -0.2) is 9.78 Å². The number of hydrogen-bond donors (Lipinski definition) is 1. The van der Waals surface area contributed by atoms with Gasteiger partial charge < -0.3 is 5.73 Å². The summed E-state index contributed by atoms with van der Waals surface area (Å²) < 4.78 is 2.78. The van der Waals surface area contributed by atoms with E-state index in [1.165, 1.54) is 5.56 Å². The third-order valence-electron chi connectivity index (χ3n) is 3.31. The van der Waals surface area contributed by atoms with E-state index in [9.17, 15) is 0 Å². The first-order valence-corrected chi connectivity index (χ1v) is 7.88. The summed E-state index contributed by atoms with van der Waals surface area (Å²) in [7, 11) is 1.88. The van der Waals surface area contributed by atoms with Gasteiger partial charge in [-0.15, -0.1) is 11.3 Å². The molecule has 0 saturated heterocycles. The molecule has 0 aliphatic carbocycles. The lowest BCUT2D eigenvalue weighted by molar-refractivity contribution is 0.782. The highest BCUT2D eigenvalue weighted by Gasteiger charge is 2.19. The molecule has 20 heavy (non-hydrogen) atoms. The van der Waals surface area contributed by atoms with Gasteiger partial charge in [0.2, 0.25) is 0 Å². The predicted molar refractivity (Wildman–Crippen MR) is 88.8 cm³/mol. The highest BCUT2D eigenvalue weighted by atomic mass is 79.9. The van der Waals surface area contributed by atoms with Crippen molar-refractivity contribution in [1.82, 2.24) is 9.78 Å². The Morgan fingerprint density at radius 1 is 1.30 bits per heavy atom.